The fourth-order valence-electron chi connectivity index (χ4n) is 3.67. The Morgan fingerprint density at radius 2 is 2.06 bits per heavy atom. The van der Waals surface area contributed by atoms with E-state index in [0.29, 0.717) is 13.1 Å². The first kappa shape index (κ1) is 21.2. The van der Waals surface area contributed by atoms with Crippen molar-refractivity contribution in [3.63, 3.8) is 0 Å². The summed E-state index contributed by atoms with van der Waals surface area (Å²) >= 11 is 1.50. The van der Waals surface area contributed by atoms with Gasteiger partial charge >= 0.3 is 0 Å². The monoisotopic (exact) mass is 434 g/mol. The Hall–Kier alpha value is -3.06. The van der Waals surface area contributed by atoms with Gasteiger partial charge in [0.15, 0.2) is 0 Å². The van der Waals surface area contributed by atoms with Crippen molar-refractivity contribution in [2.24, 2.45) is 5.92 Å². The maximum absolute atomic E-state index is 12.7. The van der Waals surface area contributed by atoms with Crippen LogP contribution >= 0.6 is 11.3 Å². The van der Waals surface area contributed by atoms with Crippen LogP contribution in [0.4, 0.5) is 5.69 Å². The molecule has 3 aromatic rings. The van der Waals surface area contributed by atoms with Crippen molar-refractivity contribution in [1.29, 1.82) is 0 Å². The van der Waals surface area contributed by atoms with Crippen molar-refractivity contribution in [3.05, 3.63) is 65.3 Å². The van der Waals surface area contributed by atoms with Gasteiger partial charge in [0.1, 0.15) is 5.01 Å². The van der Waals surface area contributed by atoms with Gasteiger partial charge in [0.05, 0.1) is 23.9 Å². The molecule has 2 aromatic heterocycles. The number of hydrogen-bond acceptors (Lipinski definition) is 5. The third-order valence-electron chi connectivity index (χ3n) is 5.44. The second-order valence-electron chi connectivity index (χ2n) is 7.75. The van der Waals surface area contributed by atoms with E-state index in [1.165, 1.54) is 16.9 Å². The summed E-state index contributed by atoms with van der Waals surface area (Å²) in [5.41, 5.74) is 3.76. The van der Waals surface area contributed by atoms with Gasteiger partial charge < -0.3 is 10.2 Å². The van der Waals surface area contributed by atoms with Crippen molar-refractivity contribution in [2.75, 3.05) is 11.4 Å². The molecule has 1 aliphatic rings. The molecule has 3 heterocycles. The van der Waals surface area contributed by atoms with Crippen LogP contribution in [-0.4, -0.2) is 28.3 Å². The van der Waals surface area contributed by atoms with Crippen molar-refractivity contribution in [2.45, 2.75) is 39.2 Å². The summed E-state index contributed by atoms with van der Waals surface area (Å²) in [5, 5.41) is 5.69. The molecule has 6 nitrogen and oxygen atoms in total. The smallest absolute Gasteiger partial charge is 0.227 e. The molecule has 0 bridgehead atoms. The minimum atomic E-state index is -0.346. The van der Waals surface area contributed by atoms with Gasteiger partial charge in [-0.3, -0.25) is 14.6 Å². The lowest BCUT2D eigenvalue weighted by molar-refractivity contribution is -0.126. The number of benzene rings is 1. The summed E-state index contributed by atoms with van der Waals surface area (Å²) < 4.78 is 0. The van der Waals surface area contributed by atoms with Gasteiger partial charge in [-0.15, -0.1) is 11.3 Å². The van der Waals surface area contributed by atoms with Crippen molar-refractivity contribution in [3.8, 4) is 10.7 Å². The predicted octanol–water partition coefficient (Wildman–Crippen LogP) is 4.22. The van der Waals surface area contributed by atoms with E-state index in [4.69, 9.17) is 0 Å². The SMILES string of the molecule is CCCCc1ccc(N2CC(C(=O)NCc3csc(-c4ccccn4)n3)CC2=O)cc1. The fraction of sp³-hybridized carbons (Fsp3) is 0.333. The van der Waals surface area contributed by atoms with Gasteiger partial charge in [0.2, 0.25) is 11.8 Å². The third kappa shape index (κ3) is 5.17. The molecule has 1 aromatic carbocycles. The highest BCUT2D eigenvalue weighted by Crippen LogP contribution is 2.26. The Morgan fingerprint density at radius 3 is 2.81 bits per heavy atom. The van der Waals surface area contributed by atoms with Gasteiger partial charge in [-0.25, -0.2) is 4.98 Å². The van der Waals surface area contributed by atoms with Crippen LogP contribution in [0.1, 0.15) is 37.4 Å². The lowest BCUT2D eigenvalue weighted by Gasteiger charge is -2.17. The van der Waals surface area contributed by atoms with Crippen LogP contribution in [-0.2, 0) is 22.6 Å². The summed E-state index contributed by atoms with van der Waals surface area (Å²) in [6.45, 7) is 2.94. The standard InChI is InChI=1S/C24H26N4O2S/c1-2-3-6-17-8-10-20(11-9-17)28-15-18(13-22(28)29)23(30)26-14-19-16-31-24(27-19)21-7-4-5-12-25-21/h4-5,7-12,16,18H,2-3,6,13-15H2,1H3,(H,26,30). The van der Waals surface area contributed by atoms with Crippen molar-refractivity contribution < 1.29 is 9.59 Å². The number of rotatable bonds is 8. The summed E-state index contributed by atoms with van der Waals surface area (Å²) in [6.07, 6.45) is 5.34. The van der Waals surface area contributed by atoms with Crippen molar-refractivity contribution >= 4 is 28.8 Å². The van der Waals surface area contributed by atoms with E-state index in [2.05, 4.69) is 34.3 Å². The number of nitrogens with zero attached hydrogens (tertiary/aromatic N) is 3. The Bertz CT molecular complexity index is 1030. The quantitative estimate of drug-likeness (QED) is 0.576. The second kappa shape index (κ2) is 9.83. The zero-order chi connectivity index (χ0) is 21.6. The molecular formula is C24H26N4O2S. The molecule has 2 amide bonds. The molecule has 0 aliphatic carbocycles. The minimum Gasteiger partial charge on any atom is -0.350 e. The largest absolute Gasteiger partial charge is 0.350 e. The van der Waals surface area contributed by atoms with E-state index in [1.54, 1.807) is 11.1 Å². The van der Waals surface area contributed by atoms with E-state index in [-0.39, 0.29) is 24.2 Å². The molecule has 0 saturated carbocycles. The number of carbonyl (C=O) groups excluding carboxylic acids is 2. The number of anilines is 1. The number of unbranched alkanes of at least 4 members (excludes halogenated alkanes) is 1. The molecule has 31 heavy (non-hydrogen) atoms. The maximum atomic E-state index is 12.7. The van der Waals surface area contributed by atoms with Gasteiger partial charge in [0.25, 0.3) is 0 Å². The number of aryl methyl sites for hydroxylation is 1. The first-order valence-corrected chi connectivity index (χ1v) is 11.5. The fourth-order valence-corrected chi connectivity index (χ4v) is 4.47. The van der Waals surface area contributed by atoms with Crippen LogP contribution < -0.4 is 10.2 Å². The predicted molar refractivity (Wildman–Crippen MR) is 123 cm³/mol. The molecular weight excluding hydrogens is 408 g/mol. The Kier molecular flexibility index (Phi) is 6.72. The number of carbonyl (C=O) groups is 2. The van der Waals surface area contributed by atoms with Crippen LogP contribution in [0.3, 0.4) is 0 Å². The van der Waals surface area contributed by atoms with E-state index < -0.39 is 0 Å². The zero-order valence-corrected chi connectivity index (χ0v) is 18.4. The van der Waals surface area contributed by atoms with Crippen LogP contribution in [0.15, 0.2) is 54.0 Å². The van der Waals surface area contributed by atoms with Gasteiger partial charge in [0, 0.05) is 30.2 Å². The van der Waals surface area contributed by atoms with Gasteiger partial charge in [-0.05, 0) is 42.7 Å². The van der Waals surface area contributed by atoms with Crippen molar-refractivity contribution in [1.82, 2.24) is 15.3 Å². The molecule has 1 saturated heterocycles. The zero-order valence-electron chi connectivity index (χ0n) is 17.6. The minimum absolute atomic E-state index is 0.00689. The topological polar surface area (TPSA) is 75.2 Å². The van der Waals surface area contributed by atoms with Crippen LogP contribution in [0, 0.1) is 5.92 Å². The highest BCUT2D eigenvalue weighted by atomic mass is 32.1. The molecule has 1 aliphatic heterocycles. The van der Waals surface area contributed by atoms with E-state index in [1.807, 2.05) is 35.7 Å². The van der Waals surface area contributed by atoms with Gasteiger partial charge in [-0.1, -0.05) is 31.5 Å². The molecule has 1 fully saturated rings. The molecule has 160 valence electrons. The third-order valence-corrected chi connectivity index (χ3v) is 6.36. The molecule has 7 heteroatoms. The summed E-state index contributed by atoms with van der Waals surface area (Å²) in [4.78, 5) is 35.7. The first-order chi connectivity index (χ1) is 15.1. The highest BCUT2D eigenvalue weighted by Gasteiger charge is 2.35. The summed E-state index contributed by atoms with van der Waals surface area (Å²) in [6, 6.07) is 13.8. The molecule has 1 N–H and O–H groups in total. The van der Waals surface area contributed by atoms with E-state index >= 15 is 0 Å². The number of nitrogens with one attached hydrogen (secondary N) is 1. The second-order valence-corrected chi connectivity index (χ2v) is 8.61. The Balaban J connectivity index is 1.32. The molecule has 4 rings (SSSR count). The number of amides is 2. The summed E-state index contributed by atoms with van der Waals surface area (Å²) in [7, 11) is 0. The average Bonchev–Trinajstić information content (AvgIpc) is 3.44. The first-order valence-electron chi connectivity index (χ1n) is 10.7. The maximum Gasteiger partial charge on any atom is 0.227 e. The molecule has 1 unspecified atom stereocenters. The van der Waals surface area contributed by atoms with Gasteiger partial charge in [-0.2, -0.15) is 0 Å². The lowest BCUT2D eigenvalue weighted by Crippen LogP contribution is -2.32. The molecule has 0 radical (unpaired) electrons. The molecule has 1 atom stereocenters. The van der Waals surface area contributed by atoms with Crippen LogP contribution in [0.5, 0.6) is 0 Å². The van der Waals surface area contributed by atoms with E-state index in [0.717, 1.165) is 41.3 Å². The number of aromatic nitrogens is 2. The Labute approximate surface area is 186 Å². The number of pyridine rings is 1. The Morgan fingerprint density at radius 1 is 1.23 bits per heavy atom. The normalized spacial score (nSPS) is 16.0. The highest BCUT2D eigenvalue weighted by molar-refractivity contribution is 7.13. The lowest BCUT2D eigenvalue weighted by atomic mass is 10.1. The van der Waals surface area contributed by atoms with Crippen LogP contribution in [0.25, 0.3) is 10.7 Å². The summed E-state index contributed by atoms with van der Waals surface area (Å²) in [5.74, 6) is -0.462. The number of thiazole rings is 1. The van der Waals surface area contributed by atoms with Crippen LogP contribution in [0.2, 0.25) is 0 Å². The average molecular weight is 435 g/mol. The molecule has 0 spiro atoms. The van der Waals surface area contributed by atoms with E-state index in [9.17, 15) is 9.59 Å². The number of hydrogen-bond donors (Lipinski definition) is 1.